The van der Waals surface area contributed by atoms with Crippen LogP contribution in [0.25, 0.3) is 0 Å². The first-order valence-corrected chi connectivity index (χ1v) is 12.2. The first-order chi connectivity index (χ1) is 15.8. The van der Waals surface area contributed by atoms with E-state index in [9.17, 15) is 0 Å². The molecule has 33 heavy (non-hydrogen) atoms. The number of hydrogen-bond donors (Lipinski definition) is 5. The second-order valence-corrected chi connectivity index (χ2v) is 9.86. The van der Waals surface area contributed by atoms with E-state index in [-0.39, 0.29) is 24.2 Å². The van der Waals surface area contributed by atoms with E-state index in [4.69, 9.17) is 33.0 Å². The SMILES string of the molecule is CC(C)N1NN(C(C)C)c2c(NCc3c(N)cccc3Cl)nc(NC3CCCCC3N)nc21. The van der Waals surface area contributed by atoms with Crippen molar-refractivity contribution in [3.63, 3.8) is 0 Å². The number of aromatic nitrogens is 2. The number of nitrogens with two attached hydrogens (primary N) is 2. The highest BCUT2D eigenvalue weighted by atomic mass is 35.5. The number of nitrogen functional groups attached to an aromatic ring is 1. The number of rotatable bonds is 7. The molecule has 1 saturated carbocycles. The lowest BCUT2D eigenvalue weighted by atomic mass is 9.91. The van der Waals surface area contributed by atoms with Crippen LogP contribution in [0.4, 0.5) is 29.0 Å². The summed E-state index contributed by atoms with van der Waals surface area (Å²) in [6, 6.07) is 6.19. The number of benzene rings is 1. The molecule has 2 heterocycles. The number of anilines is 5. The normalized spacial score (nSPS) is 20.5. The van der Waals surface area contributed by atoms with Crippen molar-refractivity contribution >= 4 is 40.6 Å². The highest BCUT2D eigenvalue weighted by molar-refractivity contribution is 6.31. The van der Waals surface area contributed by atoms with Crippen LogP contribution in [0.3, 0.4) is 0 Å². The summed E-state index contributed by atoms with van der Waals surface area (Å²) in [6.45, 7) is 8.97. The Kier molecular flexibility index (Phi) is 7.02. The third kappa shape index (κ3) is 4.90. The summed E-state index contributed by atoms with van der Waals surface area (Å²) in [6.07, 6.45) is 4.37. The van der Waals surface area contributed by atoms with Gasteiger partial charge in [0.05, 0.1) is 0 Å². The second-order valence-electron chi connectivity index (χ2n) is 9.46. The predicted octanol–water partition coefficient (Wildman–Crippen LogP) is 3.87. The number of hydrazine groups is 2. The van der Waals surface area contributed by atoms with E-state index in [0.717, 1.165) is 42.1 Å². The summed E-state index contributed by atoms with van der Waals surface area (Å²) >= 11 is 6.42. The molecule has 0 radical (unpaired) electrons. The van der Waals surface area contributed by atoms with Gasteiger partial charge in [-0.3, -0.25) is 10.0 Å². The van der Waals surface area contributed by atoms with Crippen molar-refractivity contribution in [3.8, 4) is 0 Å². The molecule has 1 fully saturated rings. The third-order valence-corrected chi connectivity index (χ3v) is 6.66. The standard InChI is InChI=1S/C23H36ClN9/c1-13(2)32-20-21(27-12-15-16(24)8-7-10-17(15)25)29-23(28-19-11-6-5-9-18(19)26)30-22(20)33(31-32)14(3)4/h7-8,10,13-14,18-19,31H,5-6,9,11-12,25-26H2,1-4H3,(H2,27,28,29,30). The lowest BCUT2D eigenvalue weighted by Crippen LogP contribution is -2.50. The maximum atomic E-state index is 6.42. The van der Waals surface area contributed by atoms with Gasteiger partial charge in [-0.25, -0.2) is 0 Å². The van der Waals surface area contributed by atoms with E-state index in [1.807, 2.05) is 18.2 Å². The van der Waals surface area contributed by atoms with Gasteiger partial charge in [0.1, 0.15) is 5.69 Å². The molecule has 0 spiro atoms. The van der Waals surface area contributed by atoms with Gasteiger partial charge < -0.3 is 22.1 Å². The summed E-state index contributed by atoms with van der Waals surface area (Å²) < 4.78 is 0. The Morgan fingerprint density at radius 1 is 1.12 bits per heavy atom. The Morgan fingerprint density at radius 3 is 2.52 bits per heavy atom. The molecule has 2 aromatic rings. The lowest BCUT2D eigenvalue weighted by molar-refractivity contribution is 0.402. The average Bonchev–Trinajstić information content (AvgIpc) is 3.15. The smallest absolute Gasteiger partial charge is 0.227 e. The Balaban J connectivity index is 1.72. The van der Waals surface area contributed by atoms with Crippen molar-refractivity contribution in [1.82, 2.24) is 15.5 Å². The molecule has 2 atom stereocenters. The van der Waals surface area contributed by atoms with Crippen LogP contribution >= 0.6 is 11.6 Å². The highest BCUT2D eigenvalue weighted by Gasteiger charge is 2.35. The van der Waals surface area contributed by atoms with Crippen LogP contribution in [0.5, 0.6) is 0 Å². The highest BCUT2D eigenvalue weighted by Crippen LogP contribution is 2.41. The molecule has 1 aromatic carbocycles. The lowest BCUT2D eigenvalue weighted by Gasteiger charge is -2.29. The first-order valence-electron chi connectivity index (χ1n) is 11.8. The largest absolute Gasteiger partial charge is 0.398 e. The molecule has 10 heteroatoms. The van der Waals surface area contributed by atoms with Gasteiger partial charge in [-0.2, -0.15) is 9.97 Å². The zero-order chi connectivity index (χ0) is 23.7. The maximum Gasteiger partial charge on any atom is 0.227 e. The molecule has 0 amide bonds. The Morgan fingerprint density at radius 2 is 1.85 bits per heavy atom. The number of nitrogens with zero attached hydrogens (tertiary/aromatic N) is 4. The van der Waals surface area contributed by atoms with Gasteiger partial charge in [-0.05, 0) is 52.7 Å². The summed E-state index contributed by atoms with van der Waals surface area (Å²) in [5.74, 6) is 2.12. The third-order valence-electron chi connectivity index (χ3n) is 6.30. The van der Waals surface area contributed by atoms with E-state index >= 15 is 0 Å². The van der Waals surface area contributed by atoms with E-state index in [1.54, 1.807) is 0 Å². The van der Waals surface area contributed by atoms with Crippen LogP contribution in [0.15, 0.2) is 18.2 Å². The van der Waals surface area contributed by atoms with Crippen molar-refractivity contribution in [3.05, 3.63) is 28.8 Å². The molecular formula is C23H36ClN9. The number of nitrogens with one attached hydrogen (secondary N) is 3. The van der Waals surface area contributed by atoms with Crippen LogP contribution < -0.4 is 37.7 Å². The van der Waals surface area contributed by atoms with Gasteiger partial charge in [-0.15, -0.1) is 5.53 Å². The van der Waals surface area contributed by atoms with Crippen LogP contribution in [-0.4, -0.2) is 34.1 Å². The van der Waals surface area contributed by atoms with Crippen molar-refractivity contribution in [2.75, 3.05) is 26.4 Å². The average molecular weight is 474 g/mol. The fourth-order valence-electron chi connectivity index (χ4n) is 4.41. The molecule has 0 bridgehead atoms. The van der Waals surface area contributed by atoms with Gasteiger partial charge >= 0.3 is 0 Å². The van der Waals surface area contributed by atoms with Gasteiger partial charge in [0.2, 0.25) is 5.95 Å². The van der Waals surface area contributed by atoms with E-state index in [1.165, 1.54) is 6.42 Å². The van der Waals surface area contributed by atoms with Gasteiger partial charge in [-0.1, -0.05) is 30.5 Å². The molecule has 4 rings (SSSR count). The number of hydrogen-bond acceptors (Lipinski definition) is 9. The van der Waals surface area contributed by atoms with Crippen molar-refractivity contribution < 1.29 is 0 Å². The minimum Gasteiger partial charge on any atom is -0.398 e. The quantitative estimate of drug-likeness (QED) is 0.381. The molecule has 2 aliphatic rings. The van der Waals surface area contributed by atoms with Gasteiger partial charge in [0.25, 0.3) is 0 Å². The fraction of sp³-hybridized carbons (Fsp3) is 0.565. The van der Waals surface area contributed by atoms with Crippen LogP contribution in [-0.2, 0) is 6.54 Å². The zero-order valence-corrected chi connectivity index (χ0v) is 20.7. The molecular weight excluding hydrogens is 438 g/mol. The number of halogens is 1. The molecule has 2 unspecified atom stereocenters. The van der Waals surface area contributed by atoms with Crippen LogP contribution in [0, 0.1) is 0 Å². The predicted molar refractivity (Wildman–Crippen MR) is 137 cm³/mol. The first kappa shape index (κ1) is 23.7. The van der Waals surface area contributed by atoms with Crippen LogP contribution in [0.2, 0.25) is 5.02 Å². The van der Waals surface area contributed by atoms with E-state index in [2.05, 4.69) is 53.9 Å². The molecule has 1 aromatic heterocycles. The Labute approximate surface area is 201 Å². The summed E-state index contributed by atoms with van der Waals surface area (Å²) in [5.41, 5.74) is 18.5. The molecule has 7 N–H and O–H groups in total. The molecule has 9 nitrogen and oxygen atoms in total. The van der Waals surface area contributed by atoms with Gasteiger partial charge in [0.15, 0.2) is 11.6 Å². The maximum absolute atomic E-state index is 6.42. The minimum atomic E-state index is 0.0985. The monoisotopic (exact) mass is 473 g/mol. The summed E-state index contributed by atoms with van der Waals surface area (Å²) in [7, 11) is 0. The summed E-state index contributed by atoms with van der Waals surface area (Å²) in [4.78, 5) is 9.81. The topological polar surface area (TPSA) is 120 Å². The molecule has 1 aliphatic heterocycles. The van der Waals surface area contributed by atoms with Crippen molar-refractivity contribution in [2.24, 2.45) is 5.73 Å². The minimum absolute atomic E-state index is 0.0985. The van der Waals surface area contributed by atoms with Crippen molar-refractivity contribution in [2.45, 2.75) is 84.1 Å². The van der Waals surface area contributed by atoms with E-state index < -0.39 is 0 Å². The molecule has 180 valence electrons. The summed E-state index contributed by atoms with van der Waals surface area (Å²) in [5, 5.41) is 11.8. The Hall–Kier alpha value is -2.49. The second kappa shape index (κ2) is 9.79. The van der Waals surface area contributed by atoms with E-state index in [0.29, 0.717) is 23.2 Å². The number of fused-ring (bicyclic) bond motifs is 1. The molecule has 0 saturated heterocycles. The van der Waals surface area contributed by atoms with Gasteiger partial charge in [0, 0.05) is 47.0 Å². The van der Waals surface area contributed by atoms with Crippen LogP contribution in [0.1, 0.15) is 58.9 Å². The Bertz CT molecular complexity index is 960. The molecule has 1 aliphatic carbocycles. The zero-order valence-electron chi connectivity index (χ0n) is 19.9. The fourth-order valence-corrected chi connectivity index (χ4v) is 4.65. The van der Waals surface area contributed by atoms with Crippen molar-refractivity contribution in [1.29, 1.82) is 0 Å².